The third-order valence-corrected chi connectivity index (χ3v) is 6.91. The summed E-state index contributed by atoms with van der Waals surface area (Å²) >= 11 is 0. The van der Waals surface area contributed by atoms with Crippen LogP contribution in [0.25, 0.3) is 11.1 Å². The smallest absolute Gasteiger partial charge is 0.320 e. The van der Waals surface area contributed by atoms with Gasteiger partial charge in [0.2, 0.25) is 0 Å². The van der Waals surface area contributed by atoms with Gasteiger partial charge in [-0.25, -0.2) is 4.79 Å². The second-order valence-electron chi connectivity index (χ2n) is 9.46. The Morgan fingerprint density at radius 3 is 2.51 bits per heavy atom. The van der Waals surface area contributed by atoms with E-state index in [2.05, 4.69) is 34.1 Å². The topological polar surface area (TPSA) is 81.9 Å². The minimum Gasteiger partial charge on any atom is -0.390 e. The summed E-state index contributed by atoms with van der Waals surface area (Å²) in [5.41, 5.74) is 5.12. The standard InChI is InChI=1S/C27H31N5O3/c1-29-10-8-21(14-26(29)34)22-6-7-24(28-15-22)17-31-12-13-32(27(31)35)19-25(33)18-30-11-9-20-4-2-3-5-23(20)16-30/h2-8,10,14-15,25,33H,9,11-13,16-19H2,1H3/t25-/m1/s1. The predicted octanol–water partition coefficient (Wildman–Crippen LogP) is 2.10. The zero-order valence-electron chi connectivity index (χ0n) is 20.0. The maximum Gasteiger partial charge on any atom is 0.320 e. The largest absolute Gasteiger partial charge is 0.390 e. The molecule has 1 aromatic carbocycles. The number of amides is 2. The van der Waals surface area contributed by atoms with E-state index < -0.39 is 6.10 Å². The first-order valence-corrected chi connectivity index (χ1v) is 12.1. The molecule has 2 aliphatic heterocycles. The molecule has 0 radical (unpaired) electrons. The maximum atomic E-state index is 12.9. The molecule has 5 rings (SSSR count). The quantitative estimate of drug-likeness (QED) is 0.569. The van der Waals surface area contributed by atoms with Crippen molar-refractivity contribution < 1.29 is 9.90 Å². The Bertz CT molecular complexity index is 1260. The highest BCUT2D eigenvalue weighted by Gasteiger charge is 2.30. The van der Waals surface area contributed by atoms with Gasteiger partial charge in [0.05, 0.1) is 18.3 Å². The van der Waals surface area contributed by atoms with Gasteiger partial charge in [-0.2, -0.15) is 0 Å². The first kappa shape index (κ1) is 23.3. The van der Waals surface area contributed by atoms with E-state index in [-0.39, 0.29) is 11.6 Å². The molecule has 8 nitrogen and oxygen atoms in total. The van der Waals surface area contributed by atoms with Gasteiger partial charge in [0.15, 0.2) is 0 Å². The summed E-state index contributed by atoms with van der Waals surface area (Å²) in [5, 5.41) is 10.7. The Labute approximate surface area is 205 Å². The van der Waals surface area contributed by atoms with Crippen molar-refractivity contribution in [3.05, 3.63) is 88.1 Å². The van der Waals surface area contributed by atoms with Crippen LogP contribution in [0.15, 0.2) is 65.7 Å². The minimum absolute atomic E-state index is 0.0644. The number of urea groups is 1. The van der Waals surface area contributed by atoms with E-state index in [1.54, 1.807) is 35.3 Å². The number of hydrogen-bond acceptors (Lipinski definition) is 5. The lowest BCUT2D eigenvalue weighted by atomic mass is 10.00. The van der Waals surface area contributed by atoms with E-state index in [9.17, 15) is 14.7 Å². The lowest BCUT2D eigenvalue weighted by Gasteiger charge is -2.31. The zero-order valence-corrected chi connectivity index (χ0v) is 20.0. The molecule has 35 heavy (non-hydrogen) atoms. The number of aliphatic hydroxyl groups excluding tert-OH is 1. The van der Waals surface area contributed by atoms with Crippen LogP contribution < -0.4 is 5.56 Å². The van der Waals surface area contributed by atoms with Crippen LogP contribution in [0.3, 0.4) is 0 Å². The third-order valence-electron chi connectivity index (χ3n) is 6.91. The van der Waals surface area contributed by atoms with E-state index in [0.29, 0.717) is 32.7 Å². The third kappa shape index (κ3) is 5.28. The molecule has 2 amide bonds. The number of carbonyl (C=O) groups excluding carboxylic acids is 1. The molecule has 4 heterocycles. The van der Waals surface area contributed by atoms with Crippen molar-refractivity contribution in [1.82, 2.24) is 24.3 Å². The van der Waals surface area contributed by atoms with Gasteiger partial charge in [0, 0.05) is 70.3 Å². The molecule has 2 aromatic heterocycles. The number of fused-ring (bicyclic) bond motifs is 1. The van der Waals surface area contributed by atoms with Crippen molar-refractivity contribution in [1.29, 1.82) is 0 Å². The van der Waals surface area contributed by atoms with Gasteiger partial charge in [-0.1, -0.05) is 30.3 Å². The molecule has 8 heteroatoms. The van der Waals surface area contributed by atoms with Crippen LogP contribution in [-0.4, -0.2) is 74.2 Å². The van der Waals surface area contributed by atoms with E-state index in [0.717, 1.165) is 36.3 Å². The SMILES string of the molecule is Cn1ccc(-c2ccc(CN3CCN(C[C@H](O)CN4CCc5ccccc5C4)C3=O)nc2)cc1=O. The van der Waals surface area contributed by atoms with Crippen molar-refractivity contribution >= 4 is 6.03 Å². The van der Waals surface area contributed by atoms with E-state index in [4.69, 9.17) is 0 Å². The second kappa shape index (κ2) is 10.0. The number of nitrogens with zero attached hydrogens (tertiary/aromatic N) is 5. The number of hydrogen-bond donors (Lipinski definition) is 1. The highest BCUT2D eigenvalue weighted by molar-refractivity contribution is 5.76. The molecule has 1 fully saturated rings. The van der Waals surface area contributed by atoms with Gasteiger partial charge < -0.3 is 19.5 Å². The number of β-amino-alcohol motifs (C(OH)–C–C–N with tert-alkyl or cyclic N) is 1. The Hall–Kier alpha value is -3.49. The molecular weight excluding hydrogens is 442 g/mol. The minimum atomic E-state index is -0.583. The van der Waals surface area contributed by atoms with Crippen LogP contribution in [0.5, 0.6) is 0 Å². The van der Waals surface area contributed by atoms with Gasteiger partial charge >= 0.3 is 6.03 Å². The molecule has 1 saturated heterocycles. The van der Waals surface area contributed by atoms with Gasteiger partial charge in [-0.15, -0.1) is 0 Å². The number of benzene rings is 1. The molecular formula is C27H31N5O3. The summed E-state index contributed by atoms with van der Waals surface area (Å²) in [4.78, 5) is 35.1. The van der Waals surface area contributed by atoms with Gasteiger partial charge in [-0.05, 0) is 35.2 Å². The summed E-state index contributed by atoms with van der Waals surface area (Å²) in [6.07, 6.45) is 3.89. The van der Waals surface area contributed by atoms with Crippen LogP contribution in [0.4, 0.5) is 4.79 Å². The van der Waals surface area contributed by atoms with Gasteiger partial charge in [-0.3, -0.25) is 14.7 Å². The summed E-state index contributed by atoms with van der Waals surface area (Å²) in [6.45, 7) is 4.29. The first-order chi connectivity index (χ1) is 17.0. The van der Waals surface area contributed by atoms with E-state index in [1.807, 2.05) is 18.2 Å². The van der Waals surface area contributed by atoms with Crippen molar-refractivity contribution in [2.24, 2.45) is 7.05 Å². The fourth-order valence-corrected chi connectivity index (χ4v) is 4.88. The summed E-state index contributed by atoms with van der Waals surface area (Å²) < 4.78 is 1.53. The second-order valence-corrected chi connectivity index (χ2v) is 9.46. The number of aromatic nitrogens is 2. The number of aryl methyl sites for hydroxylation is 1. The molecule has 182 valence electrons. The van der Waals surface area contributed by atoms with Crippen LogP contribution in [0, 0.1) is 0 Å². The molecule has 0 spiro atoms. The van der Waals surface area contributed by atoms with Crippen molar-refractivity contribution in [3.63, 3.8) is 0 Å². The summed E-state index contributed by atoms with van der Waals surface area (Å²) in [6, 6.07) is 15.7. The van der Waals surface area contributed by atoms with Crippen molar-refractivity contribution in [2.45, 2.75) is 25.6 Å². The maximum absolute atomic E-state index is 12.9. The molecule has 0 aliphatic carbocycles. The zero-order chi connectivity index (χ0) is 24.4. The molecule has 0 bridgehead atoms. The Kier molecular flexibility index (Phi) is 6.66. The fraction of sp³-hybridized carbons (Fsp3) is 0.370. The Morgan fingerprint density at radius 1 is 0.943 bits per heavy atom. The molecule has 2 aliphatic rings. The molecule has 0 saturated carbocycles. The Morgan fingerprint density at radius 2 is 1.74 bits per heavy atom. The molecule has 1 N–H and O–H groups in total. The summed E-state index contributed by atoms with van der Waals surface area (Å²) in [5.74, 6) is 0. The normalized spacial score (nSPS) is 17.0. The highest BCUT2D eigenvalue weighted by Crippen LogP contribution is 2.20. The number of carbonyl (C=O) groups is 1. The van der Waals surface area contributed by atoms with Crippen LogP contribution in [0.2, 0.25) is 0 Å². The average molecular weight is 474 g/mol. The van der Waals surface area contributed by atoms with Crippen LogP contribution >= 0.6 is 0 Å². The monoisotopic (exact) mass is 473 g/mol. The van der Waals surface area contributed by atoms with E-state index in [1.165, 1.54) is 15.7 Å². The summed E-state index contributed by atoms with van der Waals surface area (Å²) in [7, 11) is 1.72. The molecule has 3 aromatic rings. The number of aliphatic hydroxyl groups is 1. The van der Waals surface area contributed by atoms with Crippen molar-refractivity contribution in [3.8, 4) is 11.1 Å². The van der Waals surface area contributed by atoms with Crippen LogP contribution in [0.1, 0.15) is 16.8 Å². The van der Waals surface area contributed by atoms with Crippen molar-refractivity contribution in [2.75, 3.05) is 32.7 Å². The fourth-order valence-electron chi connectivity index (χ4n) is 4.88. The molecule has 1 atom stereocenters. The highest BCUT2D eigenvalue weighted by atomic mass is 16.3. The lowest BCUT2D eigenvalue weighted by molar-refractivity contribution is 0.0812. The first-order valence-electron chi connectivity index (χ1n) is 12.1. The molecule has 0 unspecified atom stereocenters. The predicted molar refractivity (Wildman–Crippen MR) is 134 cm³/mol. The lowest BCUT2D eigenvalue weighted by Crippen LogP contribution is -2.43. The van der Waals surface area contributed by atoms with Gasteiger partial charge in [0.25, 0.3) is 5.56 Å². The number of rotatable bonds is 7. The van der Waals surface area contributed by atoms with E-state index >= 15 is 0 Å². The Balaban J connectivity index is 1.13. The van der Waals surface area contributed by atoms with Crippen LogP contribution in [-0.2, 0) is 26.6 Å². The van der Waals surface area contributed by atoms with Gasteiger partial charge in [0.1, 0.15) is 0 Å². The average Bonchev–Trinajstić information content (AvgIpc) is 3.20. The number of pyridine rings is 2.